The maximum atomic E-state index is 13.1. The number of hydrogen-bond donors (Lipinski definition) is 0. The van der Waals surface area contributed by atoms with Gasteiger partial charge in [0, 0.05) is 11.9 Å². The quantitative estimate of drug-likeness (QED) is 0.552. The highest BCUT2D eigenvalue weighted by molar-refractivity contribution is 7.09. The molecule has 0 aliphatic rings. The molecule has 0 saturated heterocycles. The second kappa shape index (κ2) is 6.18. The highest BCUT2D eigenvalue weighted by Crippen LogP contribution is 2.28. The lowest BCUT2D eigenvalue weighted by atomic mass is 10.1. The van der Waals surface area contributed by atoms with Crippen molar-refractivity contribution in [3.8, 4) is 11.5 Å². The molecule has 0 unspecified atom stereocenters. The van der Waals surface area contributed by atoms with Gasteiger partial charge in [-0.3, -0.25) is 4.79 Å². The summed E-state index contributed by atoms with van der Waals surface area (Å²) in [5.41, 5.74) is 2.02. The van der Waals surface area contributed by atoms with E-state index in [-0.39, 0.29) is 5.91 Å². The smallest absolute Gasteiger partial charge is 0.259 e. The normalized spacial score (nSPS) is 11.1. The van der Waals surface area contributed by atoms with Gasteiger partial charge in [0.05, 0.1) is 29.5 Å². The number of furan rings is 1. The minimum atomic E-state index is -0.111. The molecule has 0 atom stereocenters. The zero-order valence-corrected chi connectivity index (χ0v) is 14.5. The Morgan fingerprint density at radius 2 is 2.20 bits per heavy atom. The number of hydrogen-bond acceptors (Lipinski definition) is 6. The first kappa shape index (κ1) is 15.6. The topological polar surface area (TPSA) is 72.4 Å². The van der Waals surface area contributed by atoms with Crippen LogP contribution in [0, 0.1) is 6.92 Å². The van der Waals surface area contributed by atoms with Gasteiger partial charge in [-0.15, -0.1) is 11.3 Å². The van der Waals surface area contributed by atoms with Crippen molar-refractivity contribution in [2.45, 2.75) is 13.5 Å². The van der Waals surface area contributed by atoms with Crippen LogP contribution in [0.4, 0.5) is 0 Å². The van der Waals surface area contributed by atoms with Gasteiger partial charge < -0.3 is 13.8 Å². The van der Waals surface area contributed by atoms with Crippen molar-refractivity contribution in [2.24, 2.45) is 0 Å². The van der Waals surface area contributed by atoms with E-state index >= 15 is 0 Å². The van der Waals surface area contributed by atoms with E-state index in [0.29, 0.717) is 40.4 Å². The van der Waals surface area contributed by atoms with Crippen LogP contribution in [0.2, 0.25) is 0 Å². The Kier molecular flexibility index (Phi) is 3.85. The first-order valence-corrected chi connectivity index (χ1v) is 8.60. The Morgan fingerprint density at radius 1 is 1.32 bits per heavy atom. The number of fused-ring (bicyclic) bond motifs is 1. The lowest BCUT2D eigenvalue weighted by molar-refractivity contribution is 0.0788. The molecule has 0 N–H and O–H groups in total. The first-order valence-electron chi connectivity index (χ1n) is 7.72. The molecule has 4 heterocycles. The standard InChI is InChI=1S/C18H15N3O3S/c1-11-16-13(18(22)21(2)10-12-5-4-8-25-12)9-14(15-6-3-7-23-15)19-17(16)24-20-11/h3-9H,10H2,1-2H3. The van der Waals surface area contributed by atoms with Crippen LogP contribution in [0.1, 0.15) is 20.9 Å². The third-order valence-electron chi connectivity index (χ3n) is 3.94. The highest BCUT2D eigenvalue weighted by Gasteiger charge is 2.22. The molecule has 7 heteroatoms. The average Bonchev–Trinajstić information content (AvgIpc) is 3.35. The molecule has 1 amide bonds. The highest BCUT2D eigenvalue weighted by atomic mass is 32.1. The molecule has 0 radical (unpaired) electrons. The summed E-state index contributed by atoms with van der Waals surface area (Å²) in [7, 11) is 1.78. The summed E-state index contributed by atoms with van der Waals surface area (Å²) in [5.74, 6) is 0.464. The molecular formula is C18H15N3O3S. The van der Waals surface area contributed by atoms with Crippen LogP contribution in [-0.4, -0.2) is 28.0 Å². The molecule has 0 aliphatic carbocycles. The third-order valence-corrected chi connectivity index (χ3v) is 4.80. The molecule has 0 bridgehead atoms. The van der Waals surface area contributed by atoms with Gasteiger partial charge in [0.2, 0.25) is 0 Å². The lowest BCUT2D eigenvalue weighted by Gasteiger charge is -2.17. The van der Waals surface area contributed by atoms with Gasteiger partial charge in [-0.25, -0.2) is 4.98 Å². The molecule has 6 nitrogen and oxygen atoms in total. The predicted octanol–water partition coefficient (Wildman–Crippen LogP) is 4.12. The second-order valence-corrected chi connectivity index (χ2v) is 6.75. The van der Waals surface area contributed by atoms with Crippen molar-refractivity contribution in [1.29, 1.82) is 0 Å². The number of aryl methyl sites for hydroxylation is 1. The maximum absolute atomic E-state index is 13.1. The fraction of sp³-hybridized carbons (Fsp3) is 0.167. The summed E-state index contributed by atoms with van der Waals surface area (Å²) in [6.07, 6.45) is 1.57. The summed E-state index contributed by atoms with van der Waals surface area (Å²) in [5, 5.41) is 6.59. The van der Waals surface area contributed by atoms with Crippen molar-refractivity contribution in [1.82, 2.24) is 15.0 Å². The first-order chi connectivity index (χ1) is 12.1. The molecule has 0 spiro atoms. The van der Waals surface area contributed by atoms with Gasteiger partial charge in [-0.05, 0) is 36.6 Å². The summed E-state index contributed by atoms with van der Waals surface area (Å²) in [4.78, 5) is 20.3. The van der Waals surface area contributed by atoms with E-state index < -0.39 is 0 Å². The van der Waals surface area contributed by atoms with E-state index in [1.54, 1.807) is 54.7 Å². The van der Waals surface area contributed by atoms with Crippen LogP contribution in [0.15, 0.2) is 50.9 Å². The van der Waals surface area contributed by atoms with Crippen LogP contribution in [0.3, 0.4) is 0 Å². The Hall–Kier alpha value is -2.93. The third kappa shape index (κ3) is 2.83. The summed E-state index contributed by atoms with van der Waals surface area (Å²) >= 11 is 1.62. The van der Waals surface area contributed by atoms with E-state index in [2.05, 4.69) is 10.1 Å². The minimum Gasteiger partial charge on any atom is -0.463 e. The SMILES string of the molecule is Cc1noc2nc(-c3ccco3)cc(C(=O)N(C)Cc3cccs3)c12. The number of thiophene rings is 1. The van der Waals surface area contributed by atoms with Gasteiger partial charge in [0.15, 0.2) is 5.76 Å². The summed E-state index contributed by atoms with van der Waals surface area (Å²) < 4.78 is 10.7. The van der Waals surface area contributed by atoms with Crippen LogP contribution in [-0.2, 0) is 6.54 Å². The van der Waals surface area contributed by atoms with Crippen LogP contribution in [0.25, 0.3) is 22.6 Å². The Balaban J connectivity index is 1.79. The van der Waals surface area contributed by atoms with Gasteiger partial charge in [-0.1, -0.05) is 11.2 Å². The number of amides is 1. The van der Waals surface area contributed by atoms with E-state index in [1.807, 2.05) is 17.5 Å². The number of carbonyl (C=O) groups is 1. The van der Waals surface area contributed by atoms with Gasteiger partial charge >= 0.3 is 0 Å². The van der Waals surface area contributed by atoms with Gasteiger partial charge in [-0.2, -0.15) is 0 Å². The maximum Gasteiger partial charge on any atom is 0.259 e. The molecule has 4 rings (SSSR count). The molecule has 0 aliphatic heterocycles. The number of rotatable bonds is 4. The zero-order valence-electron chi connectivity index (χ0n) is 13.7. The largest absolute Gasteiger partial charge is 0.463 e. The lowest BCUT2D eigenvalue weighted by Crippen LogP contribution is -2.26. The fourth-order valence-electron chi connectivity index (χ4n) is 2.73. The molecule has 25 heavy (non-hydrogen) atoms. The van der Waals surface area contributed by atoms with Crippen LogP contribution < -0.4 is 0 Å². The van der Waals surface area contributed by atoms with Crippen LogP contribution in [0.5, 0.6) is 0 Å². The molecule has 0 saturated carbocycles. The molecular weight excluding hydrogens is 338 g/mol. The van der Waals surface area contributed by atoms with Crippen LogP contribution >= 0.6 is 11.3 Å². The van der Waals surface area contributed by atoms with Gasteiger partial charge in [0.25, 0.3) is 11.6 Å². The number of nitrogens with zero attached hydrogens (tertiary/aromatic N) is 3. The average molecular weight is 353 g/mol. The monoisotopic (exact) mass is 353 g/mol. The summed E-state index contributed by atoms with van der Waals surface area (Å²) in [6.45, 7) is 2.34. The summed E-state index contributed by atoms with van der Waals surface area (Å²) in [6, 6.07) is 9.29. The number of aromatic nitrogens is 2. The predicted molar refractivity (Wildman–Crippen MR) is 94.4 cm³/mol. The number of carbonyl (C=O) groups excluding carboxylic acids is 1. The minimum absolute atomic E-state index is 0.111. The molecule has 0 fully saturated rings. The van der Waals surface area contributed by atoms with Gasteiger partial charge in [0.1, 0.15) is 5.69 Å². The molecule has 4 aromatic rings. The van der Waals surface area contributed by atoms with E-state index in [0.717, 1.165) is 4.88 Å². The fourth-order valence-corrected chi connectivity index (χ4v) is 3.48. The van der Waals surface area contributed by atoms with E-state index in [1.165, 1.54) is 0 Å². The Labute approximate surface area is 147 Å². The van der Waals surface area contributed by atoms with Crippen molar-refractivity contribution >= 4 is 28.3 Å². The second-order valence-electron chi connectivity index (χ2n) is 5.72. The molecule has 4 aromatic heterocycles. The van der Waals surface area contributed by atoms with Crippen molar-refractivity contribution in [3.63, 3.8) is 0 Å². The Bertz CT molecular complexity index is 1020. The van der Waals surface area contributed by atoms with Crippen molar-refractivity contribution in [2.75, 3.05) is 7.05 Å². The molecule has 0 aromatic carbocycles. The van der Waals surface area contributed by atoms with E-state index in [9.17, 15) is 4.79 Å². The zero-order chi connectivity index (χ0) is 17.4. The van der Waals surface area contributed by atoms with Crippen molar-refractivity contribution < 1.29 is 13.7 Å². The number of pyridine rings is 1. The Morgan fingerprint density at radius 3 is 2.92 bits per heavy atom. The van der Waals surface area contributed by atoms with Crippen molar-refractivity contribution in [3.05, 3.63) is 58.1 Å². The molecule has 126 valence electrons. The van der Waals surface area contributed by atoms with E-state index in [4.69, 9.17) is 8.94 Å².